The largest absolute Gasteiger partial charge is 0.493 e. The van der Waals surface area contributed by atoms with E-state index in [0.29, 0.717) is 17.9 Å². The summed E-state index contributed by atoms with van der Waals surface area (Å²) < 4.78 is 33.4. The third kappa shape index (κ3) is 5.35. The molecule has 0 spiro atoms. The van der Waals surface area contributed by atoms with Crippen molar-refractivity contribution in [2.45, 2.75) is 12.5 Å². The predicted octanol–water partition coefficient (Wildman–Crippen LogP) is -0.164. The standard InChI is InChI=1S/C16H22N2O6S/c1-18(12-7-8-25(21,22)11-12)16(20)9-17-15(19)10-24-14-6-4-3-5-13(14)23-2/h3-6,12H,7-11H2,1-2H3,(H,17,19). The van der Waals surface area contributed by atoms with Crippen molar-refractivity contribution in [3.63, 3.8) is 0 Å². The summed E-state index contributed by atoms with van der Waals surface area (Å²) in [7, 11) is -0.0173. The number of carbonyl (C=O) groups is 2. The van der Waals surface area contributed by atoms with Crippen molar-refractivity contribution in [2.24, 2.45) is 0 Å². The molecule has 1 atom stereocenters. The number of rotatable bonds is 7. The van der Waals surface area contributed by atoms with E-state index in [-0.39, 0.29) is 36.6 Å². The van der Waals surface area contributed by atoms with Crippen LogP contribution in [0, 0.1) is 0 Å². The molecule has 0 radical (unpaired) electrons. The van der Waals surface area contributed by atoms with Crippen molar-refractivity contribution in [1.82, 2.24) is 10.2 Å². The first-order valence-electron chi connectivity index (χ1n) is 7.81. The van der Waals surface area contributed by atoms with Gasteiger partial charge < -0.3 is 19.7 Å². The summed E-state index contributed by atoms with van der Waals surface area (Å²) in [6.45, 7) is -0.462. The van der Waals surface area contributed by atoms with Gasteiger partial charge >= 0.3 is 0 Å². The number of methoxy groups -OCH3 is 1. The molecule has 0 aromatic heterocycles. The lowest BCUT2D eigenvalue weighted by molar-refractivity contribution is -0.133. The quantitative estimate of drug-likeness (QED) is 0.715. The Morgan fingerprint density at radius 2 is 1.96 bits per heavy atom. The van der Waals surface area contributed by atoms with Gasteiger partial charge in [0, 0.05) is 13.1 Å². The molecular weight excluding hydrogens is 348 g/mol. The minimum atomic E-state index is -3.06. The molecule has 2 amide bonds. The number of likely N-dealkylation sites (N-methyl/N-ethyl adjacent to an activating group) is 1. The van der Waals surface area contributed by atoms with E-state index in [1.54, 1.807) is 31.3 Å². The lowest BCUT2D eigenvalue weighted by Crippen LogP contribution is -2.44. The Kier molecular flexibility index (Phi) is 6.24. The van der Waals surface area contributed by atoms with E-state index in [1.165, 1.54) is 12.0 Å². The molecule has 1 aliphatic heterocycles. The fourth-order valence-corrected chi connectivity index (χ4v) is 4.29. The van der Waals surface area contributed by atoms with Crippen LogP contribution in [0.2, 0.25) is 0 Å². The number of nitrogens with one attached hydrogen (secondary N) is 1. The first kappa shape index (κ1) is 19.0. The monoisotopic (exact) mass is 370 g/mol. The van der Waals surface area contributed by atoms with Gasteiger partial charge in [0.15, 0.2) is 27.9 Å². The number of carbonyl (C=O) groups excluding carboxylic acids is 2. The van der Waals surface area contributed by atoms with Crippen LogP contribution < -0.4 is 14.8 Å². The molecule has 2 rings (SSSR count). The third-order valence-corrected chi connectivity index (χ3v) is 5.76. The zero-order chi connectivity index (χ0) is 18.4. The van der Waals surface area contributed by atoms with Gasteiger partial charge in [-0.05, 0) is 18.6 Å². The van der Waals surface area contributed by atoms with E-state index in [0.717, 1.165) is 0 Å². The second-order valence-corrected chi connectivity index (χ2v) is 8.01. The molecule has 1 aliphatic rings. The average molecular weight is 370 g/mol. The molecule has 0 aliphatic carbocycles. The number of para-hydroxylation sites is 2. The van der Waals surface area contributed by atoms with E-state index in [2.05, 4.69) is 5.32 Å². The highest BCUT2D eigenvalue weighted by Crippen LogP contribution is 2.25. The summed E-state index contributed by atoms with van der Waals surface area (Å²) in [5.41, 5.74) is 0. The van der Waals surface area contributed by atoms with Gasteiger partial charge in [0.05, 0.1) is 25.2 Å². The Bertz CT molecular complexity index is 734. The molecule has 25 heavy (non-hydrogen) atoms. The first-order chi connectivity index (χ1) is 11.8. The fraction of sp³-hybridized carbons (Fsp3) is 0.500. The molecule has 1 aromatic carbocycles. The molecule has 138 valence electrons. The number of amides is 2. The van der Waals surface area contributed by atoms with Crippen LogP contribution in [-0.4, -0.2) is 70.0 Å². The van der Waals surface area contributed by atoms with E-state index in [9.17, 15) is 18.0 Å². The summed E-state index contributed by atoms with van der Waals surface area (Å²) in [4.78, 5) is 25.3. The van der Waals surface area contributed by atoms with Crippen LogP contribution in [0.25, 0.3) is 0 Å². The number of benzene rings is 1. The van der Waals surface area contributed by atoms with Crippen molar-refractivity contribution in [3.8, 4) is 11.5 Å². The van der Waals surface area contributed by atoms with Crippen molar-refractivity contribution in [2.75, 3.05) is 38.8 Å². The highest BCUT2D eigenvalue weighted by Gasteiger charge is 2.32. The van der Waals surface area contributed by atoms with Crippen LogP contribution >= 0.6 is 0 Å². The first-order valence-corrected chi connectivity index (χ1v) is 9.63. The molecule has 0 saturated carbocycles. The maximum Gasteiger partial charge on any atom is 0.258 e. The number of sulfone groups is 1. The van der Waals surface area contributed by atoms with E-state index >= 15 is 0 Å². The fourth-order valence-electron chi connectivity index (χ4n) is 2.52. The van der Waals surface area contributed by atoms with Gasteiger partial charge in [-0.15, -0.1) is 0 Å². The second kappa shape index (κ2) is 8.19. The van der Waals surface area contributed by atoms with Crippen LogP contribution in [0.15, 0.2) is 24.3 Å². The minimum absolute atomic E-state index is 0.0277. The Balaban J connectivity index is 1.77. The van der Waals surface area contributed by atoms with Gasteiger partial charge in [0.2, 0.25) is 5.91 Å². The van der Waals surface area contributed by atoms with Gasteiger partial charge in [0.25, 0.3) is 5.91 Å². The van der Waals surface area contributed by atoms with Gasteiger partial charge in [0.1, 0.15) is 0 Å². The lowest BCUT2D eigenvalue weighted by Gasteiger charge is -2.23. The predicted molar refractivity (Wildman–Crippen MR) is 91.3 cm³/mol. The molecule has 1 aromatic rings. The summed E-state index contributed by atoms with van der Waals surface area (Å²) in [6, 6.07) is 6.58. The molecule has 8 nitrogen and oxygen atoms in total. The molecule has 1 unspecified atom stereocenters. The van der Waals surface area contributed by atoms with E-state index < -0.39 is 15.7 Å². The SMILES string of the molecule is COc1ccccc1OCC(=O)NCC(=O)N(C)C1CCS(=O)(=O)C1. The summed E-state index contributed by atoms with van der Waals surface area (Å²) >= 11 is 0. The summed E-state index contributed by atoms with van der Waals surface area (Å²) in [5, 5.41) is 2.47. The lowest BCUT2D eigenvalue weighted by atomic mass is 10.2. The summed E-state index contributed by atoms with van der Waals surface area (Å²) in [6.07, 6.45) is 0.426. The zero-order valence-electron chi connectivity index (χ0n) is 14.2. The van der Waals surface area contributed by atoms with Crippen molar-refractivity contribution in [1.29, 1.82) is 0 Å². The Morgan fingerprint density at radius 3 is 2.56 bits per heavy atom. The van der Waals surface area contributed by atoms with Crippen molar-refractivity contribution in [3.05, 3.63) is 24.3 Å². The van der Waals surface area contributed by atoms with Crippen LogP contribution in [0.5, 0.6) is 11.5 Å². The second-order valence-electron chi connectivity index (χ2n) is 5.78. The Labute approximate surface area is 147 Å². The number of hydrogen-bond donors (Lipinski definition) is 1. The molecular formula is C16H22N2O6S. The van der Waals surface area contributed by atoms with Gasteiger partial charge in [-0.2, -0.15) is 0 Å². The molecule has 1 N–H and O–H groups in total. The smallest absolute Gasteiger partial charge is 0.258 e. The van der Waals surface area contributed by atoms with Crippen molar-refractivity contribution < 1.29 is 27.5 Å². The Morgan fingerprint density at radius 1 is 1.28 bits per heavy atom. The normalized spacial score (nSPS) is 18.4. The molecule has 9 heteroatoms. The highest BCUT2D eigenvalue weighted by molar-refractivity contribution is 7.91. The Hall–Kier alpha value is -2.29. The van der Waals surface area contributed by atoms with Gasteiger partial charge in [-0.3, -0.25) is 9.59 Å². The topological polar surface area (TPSA) is 102 Å². The zero-order valence-corrected chi connectivity index (χ0v) is 15.0. The molecule has 1 heterocycles. The molecule has 1 saturated heterocycles. The number of nitrogens with zero attached hydrogens (tertiary/aromatic N) is 1. The molecule has 0 bridgehead atoms. The van der Waals surface area contributed by atoms with Crippen LogP contribution in [0.4, 0.5) is 0 Å². The molecule has 1 fully saturated rings. The number of hydrogen-bond acceptors (Lipinski definition) is 6. The van der Waals surface area contributed by atoms with Crippen LogP contribution in [0.1, 0.15) is 6.42 Å². The van der Waals surface area contributed by atoms with Crippen LogP contribution in [-0.2, 0) is 19.4 Å². The maximum atomic E-state index is 12.1. The van der Waals surface area contributed by atoms with Crippen molar-refractivity contribution >= 4 is 21.7 Å². The maximum absolute atomic E-state index is 12.1. The van der Waals surface area contributed by atoms with E-state index in [4.69, 9.17) is 9.47 Å². The highest BCUT2D eigenvalue weighted by atomic mass is 32.2. The van der Waals surface area contributed by atoms with Crippen LogP contribution in [0.3, 0.4) is 0 Å². The minimum Gasteiger partial charge on any atom is -0.493 e. The van der Waals surface area contributed by atoms with E-state index in [1.807, 2.05) is 0 Å². The van der Waals surface area contributed by atoms with Gasteiger partial charge in [-0.25, -0.2) is 8.42 Å². The van der Waals surface area contributed by atoms with Gasteiger partial charge in [-0.1, -0.05) is 12.1 Å². The average Bonchev–Trinajstić information content (AvgIpc) is 2.97. The number of ether oxygens (including phenoxy) is 2. The summed E-state index contributed by atoms with van der Waals surface area (Å²) in [5.74, 6) is 0.210. The third-order valence-electron chi connectivity index (χ3n) is 4.01.